The van der Waals surface area contributed by atoms with Gasteiger partial charge in [0, 0.05) is 23.9 Å². The molecule has 108 valence electrons. The van der Waals surface area contributed by atoms with Crippen LogP contribution in [0, 0.1) is 12.8 Å². The van der Waals surface area contributed by atoms with E-state index < -0.39 is 11.9 Å². The number of thiazole rings is 1. The molecule has 0 spiro atoms. The number of carbonyl (C=O) groups is 2. The third-order valence-electron chi connectivity index (χ3n) is 3.54. The van der Waals surface area contributed by atoms with E-state index >= 15 is 0 Å². The molecule has 1 atom stereocenters. The van der Waals surface area contributed by atoms with Gasteiger partial charge in [0.25, 0.3) is 0 Å². The van der Waals surface area contributed by atoms with Gasteiger partial charge >= 0.3 is 5.97 Å². The summed E-state index contributed by atoms with van der Waals surface area (Å²) >= 11 is 1.36. The Kier molecular flexibility index (Phi) is 3.47. The smallest absolute Gasteiger partial charge is 0.308 e. The minimum Gasteiger partial charge on any atom is -0.481 e. The number of nitrogens with zero attached hydrogens (tertiary/aromatic N) is 2. The highest BCUT2D eigenvalue weighted by Gasteiger charge is 2.36. The minimum atomic E-state index is -0.929. The molecule has 1 aromatic heterocycles. The summed E-state index contributed by atoms with van der Waals surface area (Å²) in [5, 5.41) is 11.5. The second-order valence-corrected chi connectivity index (χ2v) is 5.96. The van der Waals surface area contributed by atoms with Crippen LogP contribution < -0.4 is 4.90 Å². The average Bonchev–Trinajstić information content (AvgIpc) is 3.06. The first-order chi connectivity index (χ1) is 10.0. The number of rotatable bonds is 3. The molecule has 2 aromatic rings. The third-order valence-corrected chi connectivity index (χ3v) is 4.41. The Labute approximate surface area is 125 Å². The average molecular weight is 302 g/mol. The highest BCUT2D eigenvalue weighted by Crippen LogP contribution is 2.31. The molecule has 1 aromatic carbocycles. The number of benzene rings is 1. The number of aliphatic carboxylic acids is 1. The zero-order valence-electron chi connectivity index (χ0n) is 11.4. The van der Waals surface area contributed by atoms with Gasteiger partial charge in [-0.2, -0.15) is 0 Å². The maximum absolute atomic E-state index is 11.9. The second-order valence-electron chi connectivity index (χ2n) is 5.12. The predicted octanol–water partition coefficient (Wildman–Crippen LogP) is 2.56. The lowest BCUT2D eigenvalue weighted by molar-refractivity contribution is -0.141. The summed E-state index contributed by atoms with van der Waals surface area (Å²) in [5.41, 5.74) is 2.97. The van der Waals surface area contributed by atoms with Gasteiger partial charge in [-0.25, -0.2) is 4.98 Å². The van der Waals surface area contributed by atoms with Crippen LogP contribution in [-0.2, 0) is 9.59 Å². The first-order valence-corrected chi connectivity index (χ1v) is 7.48. The molecule has 1 saturated heterocycles. The molecule has 2 heterocycles. The van der Waals surface area contributed by atoms with Crippen molar-refractivity contribution in [2.24, 2.45) is 5.92 Å². The van der Waals surface area contributed by atoms with E-state index in [1.54, 1.807) is 0 Å². The highest BCUT2D eigenvalue weighted by atomic mass is 32.1. The normalized spacial score (nSPS) is 18.2. The Morgan fingerprint density at radius 1 is 1.38 bits per heavy atom. The van der Waals surface area contributed by atoms with Crippen molar-refractivity contribution in [3.63, 3.8) is 0 Å². The van der Waals surface area contributed by atoms with Crippen LogP contribution in [-0.4, -0.2) is 28.5 Å². The van der Waals surface area contributed by atoms with E-state index in [2.05, 4.69) is 4.98 Å². The van der Waals surface area contributed by atoms with Crippen LogP contribution in [0.25, 0.3) is 11.3 Å². The van der Waals surface area contributed by atoms with E-state index in [9.17, 15) is 9.59 Å². The Morgan fingerprint density at radius 3 is 2.71 bits per heavy atom. The molecule has 1 unspecified atom stereocenters. The largest absolute Gasteiger partial charge is 0.481 e. The van der Waals surface area contributed by atoms with Gasteiger partial charge in [-0.1, -0.05) is 29.8 Å². The minimum absolute atomic E-state index is 0.0504. The Bertz CT molecular complexity index is 693. The molecule has 0 bridgehead atoms. The molecule has 3 rings (SSSR count). The van der Waals surface area contributed by atoms with E-state index in [1.807, 2.05) is 36.6 Å². The van der Waals surface area contributed by atoms with Crippen LogP contribution in [0.3, 0.4) is 0 Å². The topological polar surface area (TPSA) is 70.5 Å². The lowest BCUT2D eigenvalue weighted by Gasteiger charge is -2.11. The summed E-state index contributed by atoms with van der Waals surface area (Å²) in [6, 6.07) is 7.99. The Hall–Kier alpha value is -2.21. The number of hydrogen-bond donors (Lipinski definition) is 1. The van der Waals surface area contributed by atoms with Gasteiger partial charge in [0.15, 0.2) is 5.13 Å². The molecule has 0 radical (unpaired) electrons. The fourth-order valence-corrected chi connectivity index (χ4v) is 3.16. The van der Waals surface area contributed by atoms with Crippen molar-refractivity contribution in [2.45, 2.75) is 13.3 Å². The number of aryl methyl sites for hydroxylation is 1. The van der Waals surface area contributed by atoms with Gasteiger partial charge in [0.05, 0.1) is 11.6 Å². The van der Waals surface area contributed by atoms with Crippen molar-refractivity contribution in [1.29, 1.82) is 0 Å². The van der Waals surface area contributed by atoms with Crippen LogP contribution in [0.4, 0.5) is 5.13 Å². The van der Waals surface area contributed by atoms with Gasteiger partial charge in [-0.05, 0) is 6.92 Å². The van der Waals surface area contributed by atoms with Gasteiger partial charge in [0.2, 0.25) is 5.91 Å². The van der Waals surface area contributed by atoms with E-state index in [0.717, 1.165) is 11.3 Å². The van der Waals surface area contributed by atoms with Crippen molar-refractivity contribution in [1.82, 2.24) is 4.98 Å². The second kappa shape index (κ2) is 5.29. The number of carbonyl (C=O) groups excluding carboxylic acids is 1. The summed E-state index contributed by atoms with van der Waals surface area (Å²) < 4.78 is 0. The Morgan fingerprint density at radius 2 is 2.10 bits per heavy atom. The highest BCUT2D eigenvalue weighted by molar-refractivity contribution is 7.14. The molecule has 21 heavy (non-hydrogen) atoms. The number of anilines is 1. The zero-order valence-corrected chi connectivity index (χ0v) is 12.3. The molecular weight excluding hydrogens is 288 g/mol. The van der Waals surface area contributed by atoms with Crippen LogP contribution >= 0.6 is 11.3 Å². The van der Waals surface area contributed by atoms with E-state index in [4.69, 9.17) is 5.11 Å². The summed E-state index contributed by atoms with van der Waals surface area (Å²) in [6.07, 6.45) is 0.0504. The maximum Gasteiger partial charge on any atom is 0.308 e. The fraction of sp³-hybridized carbons (Fsp3) is 0.267. The first-order valence-electron chi connectivity index (χ1n) is 6.60. The lowest BCUT2D eigenvalue weighted by atomic mass is 10.1. The lowest BCUT2D eigenvalue weighted by Crippen LogP contribution is -2.25. The van der Waals surface area contributed by atoms with Crippen molar-refractivity contribution < 1.29 is 14.7 Å². The van der Waals surface area contributed by atoms with E-state index in [0.29, 0.717) is 5.13 Å². The molecule has 1 aliphatic rings. The molecule has 5 nitrogen and oxygen atoms in total. The number of aromatic nitrogens is 1. The molecule has 0 saturated carbocycles. The number of hydrogen-bond acceptors (Lipinski definition) is 4. The molecule has 1 aliphatic heterocycles. The Balaban J connectivity index is 1.84. The molecular formula is C15H14N2O3S. The predicted molar refractivity (Wildman–Crippen MR) is 80.4 cm³/mol. The van der Waals surface area contributed by atoms with Crippen molar-refractivity contribution >= 4 is 28.3 Å². The van der Waals surface area contributed by atoms with Crippen molar-refractivity contribution in [2.75, 3.05) is 11.4 Å². The summed E-state index contributed by atoms with van der Waals surface area (Å²) in [7, 11) is 0. The molecule has 1 amide bonds. The molecule has 1 N–H and O–H groups in total. The monoisotopic (exact) mass is 302 g/mol. The molecule has 0 aliphatic carbocycles. The van der Waals surface area contributed by atoms with Crippen LogP contribution in [0.5, 0.6) is 0 Å². The van der Waals surface area contributed by atoms with E-state index in [1.165, 1.54) is 21.8 Å². The van der Waals surface area contributed by atoms with Gasteiger partial charge in [-0.3, -0.25) is 14.5 Å². The first kappa shape index (κ1) is 13.8. The zero-order chi connectivity index (χ0) is 15.0. The summed E-state index contributed by atoms with van der Waals surface area (Å²) in [5.74, 6) is -1.74. The number of amides is 1. The number of carboxylic acid groups (broad SMARTS) is 1. The standard InChI is InChI=1S/C15H14N2O3S/c1-9-2-4-10(5-3-9)12-8-21-15(16-12)17-7-11(14(19)20)6-13(17)18/h2-5,8,11H,6-7H2,1H3,(H,19,20). The van der Waals surface area contributed by atoms with Crippen LogP contribution in [0.2, 0.25) is 0 Å². The third kappa shape index (κ3) is 2.67. The molecule has 6 heteroatoms. The van der Waals surface area contributed by atoms with Gasteiger partial charge < -0.3 is 5.11 Å². The van der Waals surface area contributed by atoms with Crippen molar-refractivity contribution in [3.8, 4) is 11.3 Å². The van der Waals surface area contributed by atoms with Crippen LogP contribution in [0.1, 0.15) is 12.0 Å². The van der Waals surface area contributed by atoms with E-state index in [-0.39, 0.29) is 18.9 Å². The summed E-state index contributed by atoms with van der Waals surface area (Å²) in [6.45, 7) is 2.22. The molecule has 1 fully saturated rings. The summed E-state index contributed by atoms with van der Waals surface area (Å²) in [4.78, 5) is 28.8. The fourth-order valence-electron chi connectivity index (χ4n) is 2.30. The SMILES string of the molecule is Cc1ccc(-c2csc(N3CC(C(=O)O)CC3=O)n2)cc1. The van der Waals surface area contributed by atoms with Gasteiger partial charge in [0.1, 0.15) is 0 Å². The van der Waals surface area contributed by atoms with Crippen molar-refractivity contribution in [3.05, 3.63) is 35.2 Å². The van der Waals surface area contributed by atoms with Gasteiger partial charge in [-0.15, -0.1) is 11.3 Å². The number of carboxylic acids is 1. The maximum atomic E-state index is 11.9. The van der Waals surface area contributed by atoms with Crippen LogP contribution in [0.15, 0.2) is 29.6 Å². The quantitative estimate of drug-likeness (QED) is 0.946.